The van der Waals surface area contributed by atoms with Crippen LogP contribution in [0.15, 0.2) is 18.2 Å². The quantitative estimate of drug-likeness (QED) is 0.713. The van der Waals surface area contributed by atoms with E-state index in [-0.39, 0.29) is 0 Å². The molecule has 0 aromatic heterocycles. The molecule has 5 heteroatoms. The summed E-state index contributed by atoms with van der Waals surface area (Å²) < 4.78 is 24.2. The molecule has 1 aromatic rings. The van der Waals surface area contributed by atoms with Gasteiger partial charge in [-0.1, -0.05) is 6.07 Å². The Balaban J connectivity index is 2.34. The molecule has 0 amide bonds. The molecule has 0 saturated heterocycles. The maximum Gasteiger partial charge on any atom is 0.211 e. The Bertz CT molecular complexity index is 482. The average Bonchev–Trinajstić information content (AvgIpc) is 2.15. The predicted molar refractivity (Wildman–Crippen MR) is 59.8 cm³/mol. The summed E-state index contributed by atoms with van der Waals surface area (Å²) in [5, 5.41) is 0. The fraction of sp³-hybridized carbons (Fsp3) is 0.400. The Morgan fingerprint density at radius 3 is 2.73 bits per heavy atom. The van der Waals surface area contributed by atoms with E-state index in [1.807, 2.05) is 18.2 Å². The molecular formula is C10H14N2O2S. The molecule has 15 heavy (non-hydrogen) atoms. The van der Waals surface area contributed by atoms with E-state index in [1.54, 1.807) is 0 Å². The lowest BCUT2D eigenvalue weighted by Crippen LogP contribution is -2.35. The maximum atomic E-state index is 11.4. The molecule has 0 aliphatic carbocycles. The highest BCUT2D eigenvalue weighted by molar-refractivity contribution is 7.88. The molecule has 0 saturated carbocycles. The zero-order valence-corrected chi connectivity index (χ0v) is 9.42. The van der Waals surface area contributed by atoms with Crippen LogP contribution in [0.4, 0.5) is 5.69 Å². The zero-order chi connectivity index (χ0) is 11.1. The highest BCUT2D eigenvalue weighted by atomic mass is 32.2. The van der Waals surface area contributed by atoms with Crippen molar-refractivity contribution in [2.24, 2.45) is 0 Å². The van der Waals surface area contributed by atoms with Crippen molar-refractivity contribution in [3.05, 3.63) is 29.3 Å². The summed E-state index contributed by atoms with van der Waals surface area (Å²) in [6.07, 6.45) is 2.01. The lowest BCUT2D eigenvalue weighted by molar-refractivity contribution is 0.395. The van der Waals surface area contributed by atoms with Crippen LogP contribution in [0.3, 0.4) is 0 Å². The second kappa shape index (κ2) is 3.50. The number of sulfonamides is 1. The summed E-state index contributed by atoms with van der Waals surface area (Å²) >= 11 is 0. The zero-order valence-electron chi connectivity index (χ0n) is 8.60. The first kappa shape index (κ1) is 10.4. The molecule has 2 rings (SSSR count). The van der Waals surface area contributed by atoms with Gasteiger partial charge in [0, 0.05) is 18.8 Å². The van der Waals surface area contributed by atoms with E-state index in [0.717, 1.165) is 12.0 Å². The fourth-order valence-corrected chi connectivity index (χ4v) is 2.63. The van der Waals surface area contributed by atoms with Crippen LogP contribution in [-0.4, -0.2) is 25.5 Å². The average molecular weight is 226 g/mol. The standard InChI is InChI=1S/C10H14N2O2S/c1-15(13,14)12-5-4-8-2-3-10(11)6-9(8)7-12/h2-3,6H,4-5,7,11H2,1H3. The first-order valence-electron chi connectivity index (χ1n) is 4.79. The largest absolute Gasteiger partial charge is 0.399 e. The van der Waals surface area contributed by atoms with Crippen molar-refractivity contribution in [2.75, 3.05) is 18.5 Å². The molecular weight excluding hydrogens is 212 g/mol. The van der Waals surface area contributed by atoms with Crippen LogP contribution in [-0.2, 0) is 23.0 Å². The Kier molecular flexibility index (Phi) is 2.44. The molecule has 2 N–H and O–H groups in total. The van der Waals surface area contributed by atoms with E-state index in [4.69, 9.17) is 5.73 Å². The highest BCUT2D eigenvalue weighted by Gasteiger charge is 2.22. The summed E-state index contributed by atoms with van der Waals surface area (Å²) in [7, 11) is -3.09. The molecule has 1 aliphatic heterocycles. The molecule has 1 heterocycles. The summed E-state index contributed by atoms with van der Waals surface area (Å²) in [4.78, 5) is 0. The van der Waals surface area contributed by atoms with E-state index in [0.29, 0.717) is 18.8 Å². The maximum absolute atomic E-state index is 11.4. The molecule has 82 valence electrons. The molecule has 1 aliphatic rings. The lowest BCUT2D eigenvalue weighted by atomic mass is 10.0. The molecule has 0 atom stereocenters. The van der Waals surface area contributed by atoms with E-state index in [2.05, 4.69) is 0 Å². The molecule has 4 nitrogen and oxygen atoms in total. The van der Waals surface area contributed by atoms with Gasteiger partial charge in [0.05, 0.1) is 6.26 Å². The first-order chi connectivity index (χ1) is 6.97. The Morgan fingerprint density at radius 1 is 1.33 bits per heavy atom. The number of fused-ring (bicyclic) bond motifs is 1. The van der Waals surface area contributed by atoms with Gasteiger partial charge >= 0.3 is 0 Å². The minimum Gasteiger partial charge on any atom is -0.399 e. The fourth-order valence-electron chi connectivity index (χ4n) is 1.83. The Hall–Kier alpha value is -1.07. The SMILES string of the molecule is CS(=O)(=O)N1CCc2ccc(N)cc2C1. The van der Waals surface area contributed by atoms with Gasteiger partial charge in [-0.25, -0.2) is 8.42 Å². The van der Waals surface area contributed by atoms with Gasteiger partial charge in [-0.2, -0.15) is 4.31 Å². The van der Waals surface area contributed by atoms with Gasteiger partial charge in [0.2, 0.25) is 10.0 Å². The number of hydrogen-bond donors (Lipinski definition) is 1. The van der Waals surface area contributed by atoms with Gasteiger partial charge < -0.3 is 5.73 Å². The van der Waals surface area contributed by atoms with Gasteiger partial charge in [-0.3, -0.25) is 0 Å². The third-order valence-corrected chi connectivity index (χ3v) is 3.93. The molecule has 0 bridgehead atoms. The van der Waals surface area contributed by atoms with Crippen LogP contribution in [0.1, 0.15) is 11.1 Å². The van der Waals surface area contributed by atoms with Crippen molar-refractivity contribution in [1.82, 2.24) is 4.31 Å². The normalized spacial score (nSPS) is 17.4. The summed E-state index contributed by atoms with van der Waals surface area (Å²) in [5.74, 6) is 0. The number of benzene rings is 1. The number of hydrogen-bond acceptors (Lipinski definition) is 3. The van der Waals surface area contributed by atoms with Crippen LogP contribution in [0, 0.1) is 0 Å². The van der Waals surface area contributed by atoms with E-state index >= 15 is 0 Å². The molecule has 0 radical (unpaired) electrons. The molecule has 0 fully saturated rings. The monoisotopic (exact) mass is 226 g/mol. The number of nitrogens with two attached hydrogens (primary N) is 1. The minimum absolute atomic E-state index is 0.444. The third-order valence-electron chi connectivity index (χ3n) is 2.68. The van der Waals surface area contributed by atoms with Gasteiger partial charge in [-0.05, 0) is 29.7 Å². The Morgan fingerprint density at radius 2 is 2.07 bits per heavy atom. The van der Waals surface area contributed by atoms with E-state index in [9.17, 15) is 8.42 Å². The number of anilines is 1. The van der Waals surface area contributed by atoms with Crippen molar-refractivity contribution < 1.29 is 8.42 Å². The second-order valence-electron chi connectivity index (χ2n) is 3.87. The van der Waals surface area contributed by atoms with Gasteiger partial charge in [0.1, 0.15) is 0 Å². The predicted octanol–water partition coefficient (Wildman–Crippen LogP) is 0.586. The van der Waals surface area contributed by atoms with Crippen molar-refractivity contribution in [3.63, 3.8) is 0 Å². The third kappa shape index (κ3) is 2.13. The van der Waals surface area contributed by atoms with Gasteiger partial charge in [-0.15, -0.1) is 0 Å². The van der Waals surface area contributed by atoms with Crippen molar-refractivity contribution in [1.29, 1.82) is 0 Å². The van der Waals surface area contributed by atoms with Crippen molar-refractivity contribution >= 4 is 15.7 Å². The molecule has 0 unspecified atom stereocenters. The number of nitrogens with zero attached hydrogens (tertiary/aromatic N) is 1. The van der Waals surface area contributed by atoms with Crippen molar-refractivity contribution in [2.45, 2.75) is 13.0 Å². The summed E-state index contributed by atoms with van der Waals surface area (Å²) in [6, 6.07) is 5.69. The highest BCUT2D eigenvalue weighted by Crippen LogP contribution is 2.22. The lowest BCUT2D eigenvalue weighted by Gasteiger charge is -2.26. The number of nitrogen functional groups attached to an aromatic ring is 1. The van der Waals surface area contributed by atoms with Gasteiger partial charge in [0.25, 0.3) is 0 Å². The van der Waals surface area contributed by atoms with Crippen LogP contribution < -0.4 is 5.73 Å². The smallest absolute Gasteiger partial charge is 0.211 e. The second-order valence-corrected chi connectivity index (χ2v) is 5.86. The molecule has 1 aromatic carbocycles. The summed E-state index contributed by atoms with van der Waals surface area (Å²) in [5.41, 5.74) is 8.57. The minimum atomic E-state index is -3.09. The van der Waals surface area contributed by atoms with Gasteiger partial charge in [0.15, 0.2) is 0 Å². The topological polar surface area (TPSA) is 63.4 Å². The Labute approximate surface area is 89.7 Å². The summed E-state index contributed by atoms with van der Waals surface area (Å²) in [6.45, 7) is 1.01. The van der Waals surface area contributed by atoms with Crippen molar-refractivity contribution in [3.8, 4) is 0 Å². The van der Waals surface area contributed by atoms with E-state index < -0.39 is 10.0 Å². The first-order valence-corrected chi connectivity index (χ1v) is 6.64. The van der Waals surface area contributed by atoms with E-state index in [1.165, 1.54) is 16.1 Å². The van der Waals surface area contributed by atoms with Crippen LogP contribution in [0.25, 0.3) is 0 Å². The van der Waals surface area contributed by atoms with Crippen LogP contribution >= 0.6 is 0 Å². The van der Waals surface area contributed by atoms with Crippen LogP contribution in [0.2, 0.25) is 0 Å². The molecule has 0 spiro atoms. The number of rotatable bonds is 1. The van der Waals surface area contributed by atoms with Crippen LogP contribution in [0.5, 0.6) is 0 Å².